The predicted octanol–water partition coefficient (Wildman–Crippen LogP) is 4.25. The summed E-state index contributed by atoms with van der Waals surface area (Å²) in [4.78, 5) is 27.5. The second-order valence-electron chi connectivity index (χ2n) is 7.07. The summed E-state index contributed by atoms with van der Waals surface area (Å²) in [5.74, 6) is 1.04. The molecule has 0 heterocycles. The van der Waals surface area contributed by atoms with Crippen molar-refractivity contribution in [1.82, 2.24) is 10.2 Å². The number of amides is 2. The first-order valence-electron chi connectivity index (χ1n) is 9.76. The van der Waals surface area contributed by atoms with Crippen molar-refractivity contribution in [2.75, 3.05) is 5.75 Å². The molecule has 0 bridgehead atoms. The van der Waals surface area contributed by atoms with Gasteiger partial charge in [0.15, 0.2) is 0 Å². The first-order chi connectivity index (χ1) is 13.5. The molecule has 0 saturated heterocycles. The highest BCUT2D eigenvalue weighted by atomic mass is 32.2. The summed E-state index contributed by atoms with van der Waals surface area (Å²) in [6.07, 6.45) is 0.584. The van der Waals surface area contributed by atoms with E-state index in [9.17, 15) is 9.59 Å². The second kappa shape index (κ2) is 11.5. The first-order valence-corrected chi connectivity index (χ1v) is 10.9. The Morgan fingerprint density at radius 1 is 0.964 bits per heavy atom. The predicted molar refractivity (Wildman–Crippen MR) is 117 cm³/mol. The molecule has 150 valence electrons. The van der Waals surface area contributed by atoms with Crippen LogP contribution in [0, 0.1) is 0 Å². The standard InChI is InChI=1S/C23H30N2O2S/c1-4-21(23(27)24-18(2)3)25(15-19-11-7-5-8-12-19)22(26)17-28-16-20-13-9-6-10-14-20/h5-14,18,21H,4,15-17H2,1-3H3,(H,24,27)/t21-/m0/s1. The summed E-state index contributed by atoms with van der Waals surface area (Å²) in [5, 5.41) is 2.96. The van der Waals surface area contributed by atoms with Gasteiger partial charge in [-0.3, -0.25) is 9.59 Å². The lowest BCUT2D eigenvalue weighted by Gasteiger charge is -2.31. The molecule has 1 atom stereocenters. The van der Waals surface area contributed by atoms with E-state index in [1.54, 1.807) is 16.7 Å². The summed E-state index contributed by atoms with van der Waals surface area (Å²) in [6, 6.07) is 19.5. The summed E-state index contributed by atoms with van der Waals surface area (Å²) >= 11 is 1.58. The van der Waals surface area contributed by atoms with E-state index in [0.717, 1.165) is 11.3 Å². The molecule has 0 spiro atoms. The Labute approximate surface area is 172 Å². The smallest absolute Gasteiger partial charge is 0.243 e. The highest BCUT2D eigenvalue weighted by molar-refractivity contribution is 7.99. The molecule has 0 aliphatic carbocycles. The maximum absolute atomic E-state index is 13.1. The van der Waals surface area contributed by atoms with Gasteiger partial charge in [-0.05, 0) is 31.4 Å². The van der Waals surface area contributed by atoms with Crippen molar-refractivity contribution in [3.05, 3.63) is 71.8 Å². The summed E-state index contributed by atoms with van der Waals surface area (Å²) in [6.45, 7) is 6.26. The van der Waals surface area contributed by atoms with E-state index >= 15 is 0 Å². The number of carbonyl (C=O) groups is 2. The Kier molecular flexibility index (Phi) is 9.08. The van der Waals surface area contributed by atoms with Crippen LogP contribution >= 0.6 is 11.8 Å². The van der Waals surface area contributed by atoms with E-state index in [0.29, 0.717) is 18.7 Å². The number of carbonyl (C=O) groups excluding carboxylic acids is 2. The fourth-order valence-corrected chi connectivity index (χ4v) is 3.86. The fourth-order valence-electron chi connectivity index (χ4n) is 2.99. The van der Waals surface area contributed by atoms with Crippen LogP contribution in [0.4, 0.5) is 0 Å². The van der Waals surface area contributed by atoms with Gasteiger partial charge in [0.1, 0.15) is 6.04 Å². The lowest BCUT2D eigenvalue weighted by atomic mass is 10.1. The van der Waals surface area contributed by atoms with Crippen molar-refractivity contribution in [2.45, 2.75) is 51.6 Å². The topological polar surface area (TPSA) is 49.4 Å². The zero-order valence-electron chi connectivity index (χ0n) is 16.9. The molecule has 2 amide bonds. The van der Waals surface area contributed by atoms with Crippen molar-refractivity contribution in [1.29, 1.82) is 0 Å². The Balaban J connectivity index is 2.09. The summed E-state index contributed by atoms with van der Waals surface area (Å²) < 4.78 is 0. The van der Waals surface area contributed by atoms with Crippen molar-refractivity contribution in [3.8, 4) is 0 Å². The second-order valence-corrected chi connectivity index (χ2v) is 8.06. The molecule has 4 nitrogen and oxygen atoms in total. The van der Waals surface area contributed by atoms with Crippen LogP contribution in [-0.4, -0.2) is 34.6 Å². The minimum absolute atomic E-state index is 0.00413. The largest absolute Gasteiger partial charge is 0.352 e. The van der Waals surface area contributed by atoms with Crippen LogP contribution in [-0.2, 0) is 21.9 Å². The normalized spacial score (nSPS) is 11.9. The monoisotopic (exact) mass is 398 g/mol. The van der Waals surface area contributed by atoms with E-state index in [4.69, 9.17) is 0 Å². The minimum atomic E-state index is -0.465. The number of hydrogen-bond acceptors (Lipinski definition) is 3. The van der Waals surface area contributed by atoms with Crippen molar-refractivity contribution < 1.29 is 9.59 Å². The fraction of sp³-hybridized carbons (Fsp3) is 0.391. The van der Waals surface area contributed by atoms with Gasteiger partial charge in [-0.25, -0.2) is 0 Å². The lowest BCUT2D eigenvalue weighted by molar-refractivity contribution is -0.139. The zero-order chi connectivity index (χ0) is 20.4. The van der Waals surface area contributed by atoms with Gasteiger partial charge in [0.05, 0.1) is 5.75 Å². The van der Waals surface area contributed by atoms with Crippen molar-refractivity contribution in [2.24, 2.45) is 0 Å². The van der Waals surface area contributed by atoms with Gasteiger partial charge in [-0.15, -0.1) is 11.8 Å². The average molecular weight is 399 g/mol. The minimum Gasteiger partial charge on any atom is -0.352 e. The molecule has 2 aromatic rings. The maximum Gasteiger partial charge on any atom is 0.243 e. The highest BCUT2D eigenvalue weighted by Gasteiger charge is 2.28. The van der Waals surface area contributed by atoms with Crippen LogP contribution < -0.4 is 5.32 Å². The molecule has 0 radical (unpaired) electrons. The van der Waals surface area contributed by atoms with Crippen LogP contribution in [0.25, 0.3) is 0 Å². The van der Waals surface area contributed by atoms with E-state index in [-0.39, 0.29) is 17.9 Å². The summed E-state index contributed by atoms with van der Waals surface area (Å²) in [7, 11) is 0. The molecule has 0 fully saturated rings. The van der Waals surface area contributed by atoms with Gasteiger partial charge in [0, 0.05) is 18.3 Å². The van der Waals surface area contributed by atoms with Gasteiger partial charge in [0.2, 0.25) is 11.8 Å². The number of nitrogens with one attached hydrogen (secondary N) is 1. The van der Waals surface area contributed by atoms with Gasteiger partial charge in [0.25, 0.3) is 0 Å². The van der Waals surface area contributed by atoms with E-state index in [2.05, 4.69) is 17.4 Å². The highest BCUT2D eigenvalue weighted by Crippen LogP contribution is 2.17. The van der Waals surface area contributed by atoms with Crippen molar-refractivity contribution >= 4 is 23.6 Å². The van der Waals surface area contributed by atoms with Crippen LogP contribution in [0.5, 0.6) is 0 Å². The van der Waals surface area contributed by atoms with Crippen LogP contribution in [0.1, 0.15) is 38.3 Å². The molecule has 2 rings (SSSR count). The van der Waals surface area contributed by atoms with Crippen molar-refractivity contribution in [3.63, 3.8) is 0 Å². The van der Waals surface area contributed by atoms with Crippen LogP contribution in [0.15, 0.2) is 60.7 Å². The number of nitrogens with zero attached hydrogens (tertiary/aromatic N) is 1. The third-order valence-corrected chi connectivity index (χ3v) is 5.34. The third kappa shape index (κ3) is 7.04. The SMILES string of the molecule is CC[C@@H](C(=O)NC(C)C)N(Cc1ccccc1)C(=O)CSCc1ccccc1. The number of benzene rings is 2. The summed E-state index contributed by atoms with van der Waals surface area (Å²) in [5.41, 5.74) is 2.22. The number of hydrogen-bond donors (Lipinski definition) is 1. The molecule has 0 aliphatic heterocycles. The van der Waals surface area contributed by atoms with Gasteiger partial charge in [-0.1, -0.05) is 67.6 Å². The first kappa shape index (κ1) is 22.0. The van der Waals surface area contributed by atoms with E-state index in [1.165, 1.54) is 5.56 Å². The molecule has 5 heteroatoms. The van der Waals surface area contributed by atoms with Crippen LogP contribution in [0.3, 0.4) is 0 Å². The number of rotatable bonds is 10. The Hall–Kier alpha value is -2.27. The molecule has 0 aromatic heterocycles. The molecule has 0 aliphatic rings. The molecular weight excluding hydrogens is 368 g/mol. The van der Waals surface area contributed by atoms with Crippen LogP contribution in [0.2, 0.25) is 0 Å². The Morgan fingerprint density at radius 3 is 2.07 bits per heavy atom. The van der Waals surface area contributed by atoms with Gasteiger partial charge < -0.3 is 10.2 Å². The average Bonchev–Trinajstić information content (AvgIpc) is 2.69. The quantitative estimate of drug-likeness (QED) is 0.651. The van der Waals surface area contributed by atoms with Gasteiger partial charge >= 0.3 is 0 Å². The molecule has 0 unspecified atom stereocenters. The maximum atomic E-state index is 13.1. The lowest BCUT2D eigenvalue weighted by Crippen LogP contribution is -2.50. The molecule has 1 N–H and O–H groups in total. The van der Waals surface area contributed by atoms with Gasteiger partial charge in [-0.2, -0.15) is 0 Å². The van der Waals surface area contributed by atoms with E-state index < -0.39 is 6.04 Å². The molecule has 0 saturated carbocycles. The molecule has 2 aromatic carbocycles. The molecule has 28 heavy (non-hydrogen) atoms. The number of thioether (sulfide) groups is 1. The Morgan fingerprint density at radius 2 is 1.54 bits per heavy atom. The van der Waals surface area contributed by atoms with E-state index in [1.807, 2.05) is 69.3 Å². The molecular formula is C23H30N2O2S. The Bertz CT molecular complexity index is 735. The zero-order valence-corrected chi connectivity index (χ0v) is 17.7. The third-order valence-electron chi connectivity index (χ3n) is 4.35.